The topological polar surface area (TPSA) is 9.23 Å². The molecule has 0 saturated heterocycles. The average Bonchev–Trinajstić information content (AvgIpc) is 2.46. The van der Waals surface area contributed by atoms with Crippen LogP contribution >= 0.6 is 0 Å². The molecule has 2 nitrogen and oxygen atoms in total. The molecule has 24 heavy (non-hydrogen) atoms. The van der Waals surface area contributed by atoms with Gasteiger partial charge in [0, 0.05) is 25.3 Å². The highest BCUT2D eigenvalue weighted by atomic mass is 35.5. The highest BCUT2D eigenvalue weighted by Gasteiger charge is 2.50. The molecule has 0 amide bonds. The van der Waals surface area contributed by atoms with Crippen molar-refractivity contribution in [3.05, 3.63) is 35.9 Å². The Morgan fingerprint density at radius 2 is 1.38 bits per heavy atom. The number of benzene rings is 1. The predicted molar refractivity (Wildman–Crippen MR) is 100 cm³/mol. The van der Waals surface area contributed by atoms with Gasteiger partial charge in [0.25, 0.3) is 0 Å². The van der Waals surface area contributed by atoms with Gasteiger partial charge in [-0.3, -0.25) is 4.48 Å². The first kappa shape index (κ1) is 23.4. The second kappa shape index (κ2) is 9.79. The van der Waals surface area contributed by atoms with Crippen molar-refractivity contribution in [1.82, 2.24) is 0 Å². The molecule has 140 valence electrons. The maximum absolute atomic E-state index is 6.07. The van der Waals surface area contributed by atoms with Crippen molar-refractivity contribution < 1.29 is 21.6 Å². The first-order valence-electron chi connectivity index (χ1n) is 9.18. The molecule has 0 aliphatic heterocycles. The van der Waals surface area contributed by atoms with Gasteiger partial charge in [0.05, 0.1) is 20.7 Å². The van der Waals surface area contributed by atoms with Crippen LogP contribution in [0.4, 0.5) is 0 Å². The highest BCUT2D eigenvalue weighted by molar-refractivity contribution is 5.23. The smallest absolute Gasteiger partial charge is 0.190 e. The van der Waals surface area contributed by atoms with Crippen LogP contribution in [0.5, 0.6) is 0 Å². The summed E-state index contributed by atoms with van der Waals surface area (Å²) in [6, 6.07) is 11.1. The molecular weight excluding hydrogens is 318 g/mol. The van der Waals surface area contributed by atoms with Crippen LogP contribution < -0.4 is 12.4 Å². The summed E-state index contributed by atoms with van der Waals surface area (Å²) in [4.78, 5) is 0. The van der Waals surface area contributed by atoms with Gasteiger partial charge in [-0.1, -0.05) is 58.0 Å². The molecule has 0 radical (unpaired) electrons. The summed E-state index contributed by atoms with van der Waals surface area (Å²) in [5, 5.41) is 0. The highest BCUT2D eigenvalue weighted by Crippen LogP contribution is 2.45. The van der Waals surface area contributed by atoms with Crippen molar-refractivity contribution in [3.63, 3.8) is 0 Å². The Balaban J connectivity index is 0.00000529. The zero-order valence-electron chi connectivity index (χ0n) is 17.0. The minimum absolute atomic E-state index is 0. The summed E-state index contributed by atoms with van der Waals surface area (Å²) in [5.74, 6) is 1.28. The molecule has 0 fully saturated rings. The molecule has 0 N–H and O–H groups in total. The third-order valence-corrected chi connectivity index (χ3v) is 5.22. The Morgan fingerprint density at radius 1 is 0.917 bits per heavy atom. The monoisotopic (exact) mass is 355 g/mol. The fourth-order valence-electron chi connectivity index (χ4n) is 4.00. The lowest BCUT2D eigenvalue weighted by Gasteiger charge is -2.53. The molecule has 0 heterocycles. The van der Waals surface area contributed by atoms with Gasteiger partial charge in [0.1, 0.15) is 5.54 Å². The third-order valence-electron chi connectivity index (χ3n) is 5.22. The van der Waals surface area contributed by atoms with Crippen LogP contribution in [-0.2, 0) is 10.3 Å². The van der Waals surface area contributed by atoms with Gasteiger partial charge < -0.3 is 17.1 Å². The van der Waals surface area contributed by atoms with E-state index in [4.69, 9.17) is 4.74 Å². The van der Waals surface area contributed by atoms with E-state index in [2.05, 4.69) is 86.0 Å². The maximum Gasteiger partial charge on any atom is 0.190 e. The molecule has 0 saturated carbocycles. The number of nitrogens with zero attached hydrogens (tertiary/aromatic N) is 1. The lowest BCUT2D eigenvalue weighted by Crippen LogP contribution is -3.00. The van der Waals surface area contributed by atoms with Crippen molar-refractivity contribution in [2.75, 3.05) is 20.7 Å². The Kier molecular flexibility index (Phi) is 9.56. The standard InChI is InChI=1S/C21H38NO.ClH/c1-9-23-19(6)22(7,8)21(15-17(2)3,16-18(4)5)20-13-11-10-12-14-20;/h10-14,17-19H,9,15-16H2,1-8H3;1H/q+1;/p-1. The van der Waals surface area contributed by atoms with E-state index in [0.717, 1.165) is 11.1 Å². The average molecular weight is 356 g/mol. The summed E-state index contributed by atoms with van der Waals surface area (Å²) < 4.78 is 6.93. The molecule has 3 heteroatoms. The number of halogens is 1. The molecule has 1 aromatic carbocycles. The molecule has 0 aliphatic rings. The zero-order chi connectivity index (χ0) is 17.7. The van der Waals surface area contributed by atoms with E-state index in [1.807, 2.05) is 0 Å². The quantitative estimate of drug-likeness (QED) is 0.488. The van der Waals surface area contributed by atoms with Crippen LogP contribution in [-0.4, -0.2) is 31.4 Å². The number of rotatable bonds is 9. The van der Waals surface area contributed by atoms with Crippen LogP contribution in [0.25, 0.3) is 0 Å². The summed E-state index contributed by atoms with van der Waals surface area (Å²) in [7, 11) is 4.69. The van der Waals surface area contributed by atoms with E-state index in [-0.39, 0.29) is 24.2 Å². The van der Waals surface area contributed by atoms with Crippen LogP contribution in [0.3, 0.4) is 0 Å². The van der Waals surface area contributed by atoms with E-state index >= 15 is 0 Å². The molecule has 0 aromatic heterocycles. The van der Waals surface area contributed by atoms with Gasteiger partial charge in [0.15, 0.2) is 6.23 Å². The van der Waals surface area contributed by atoms with Gasteiger partial charge >= 0.3 is 0 Å². The largest absolute Gasteiger partial charge is 1.00 e. The number of ether oxygens (including phenoxy) is 1. The second-order valence-corrected chi connectivity index (χ2v) is 8.19. The summed E-state index contributed by atoms with van der Waals surface area (Å²) in [6.07, 6.45) is 2.50. The number of hydrogen-bond acceptors (Lipinski definition) is 1. The Morgan fingerprint density at radius 3 is 1.75 bits per heavy atom. The van der Waals surface area contributed by atoms with Crippen molar-refractivity contribution in [3.8, 4) is 0 Å². The van der Waals surface area contributed by atoms with Crippen molar-refractivity contribution >= 4 is 0 Å². The molecule has 1 rings (SSSR count). The normalized spacial score (nSPS) is 13.9. The Hall–Kier alpha value is -0.570. The SMILES string of the molecule is CCOC(C)[N+](C)(C)C(CC(C)C)(CC(C)C)c1ccccc1.[Cl-]. The van der Waals surface area contributed by atoms with E-state index in [1.54, 1.807) is 0 Å². The molecule has 1 unspecified atom stereocenters. The van der Waals surface area contributed by atoms with Crippen LogP contribution in [0.1, 0.15) is 59.9 Å². The van der Waals surface area contributed by atoms with Crippen molar-refractivity contribution in [2.24, 2.45) is 11.8 Å². The molecule has 0 bridgehead atoms. The Bertz CT molecular complexity index is 446. The molecule has 0 spiro atoms. The zero-order valence-corrected chi connectivity index (χ0v) is 17.7. The van der Waals surface area contributed by atoms with Crippen LogP contribution in [0.2, 0.25) is 0 Å². The van der Waals surface area contributed by atoms with Gasteiger partial charge in [-0.05, 0) is 18.8 Å². The predicted octanol–water partition coefficient (Wildman–Crippen LogP) is 2.44. The van der Waals surface area contributed by atoms with E-state index < -0.39 is 0 Å². The first-order chi connectivity index (χ1) is 10.7. The lowest BCUT2D eigenvalue weighted by molar-refractivity contribution is -0.991. The first-order valence-corrected chi connectivity index (χ1v) is 9.18. The molecule has 0 aliphatic carbocycles. The van der Waals surface area contributed by atoms with Gasteiger partial charge in [-0.15, -0.1) is 0 Å². The lowest BCUT2D eigenvalue weighted by atomic mass is 9.74. The minimum Gasteiger partial charge on any atom is -1.00 e. The van der Waals surface area contributed by atoms with E-state index in [0.29, 0.717) is 11.8 Å². The van der Waals surface area contributed by atoms with Gasteiger partial charge in [0.2, 0.25) is 0 Å². The summed E-state index contributed by atoms with van der Waals surface area (Å²) >= 11 is 0. The third kappa shape index (κ3) is 5.21. The Labute approximate surface area is 156 Å². The fraction of sp³-hybridized carbons (Fsp3) is 0.714. The van der Waals surface area contributed by atoms with Crippen LogP contribution in [0.15, 0.2) is 30.3 Å². The number of quaternary nitrogens is 1. The summed E-state index contributed by atoms with van der Waals surface area (Å²) in [6.45, 7) is 14.4. The fourth-order valence-corrected chi connectivity index (χ4v) is 4.00. The van der Waals surface area contributed by atoms with E-state index in [1.165, 1.54) is 18.4 Å². The number of hydrogen-bond donors (Lipinski definition) is 0. The van der Waals surface area contributed by atoms with Crippen LogP contribution in [0, 0.1) is 11.8 Å². The van der Waals surface area contributed by atoms with Gasteiger partial charge in [-0.25, -0.2) is 0 Å². The molecule has 1 aromatic rings. The molecule has 1 atom stereocenters. The second-order valence-electron chi connectivity index (χ2n) is 8.19. The van der Waals surface area contributed by atoms with Crippen molar-refractivity contribution in [1.29, 1.82) is 0 Å². The summed E-state index contributed by atoms with van der Waals surface area (Å²) in [5.41, 5.74) is 1.51. The maximum atomic E-state index is 6.07. The van der Waals surface area contributed by atoms with E-state index in [9.17, 15) is 0 Å². The minimum atomic E-state index is 0. The molecular formula is C21H38ClNO. The van der Waals surface area contributed by atoms with Crippen molar-refractivity contribution in [2.45, 2.75) is 66.2 Å². The van der Waals surface area contributed by atoms with Gasteiger partial charge in [-0.2, -0.15) is 0 Å².